The summed E-state index contributed by atoms with van der Waals surface area (Å²) >= 11 is 0. The van der Waals surface area contributed by atoms with Crippen LogP contribution < -0.4 is 5.73 Å². The molecule has 1 saturated heterocycles. The van der Waals surface area contributed by atoms with Gasteiger partial charge in [-0.25, -0.2) is 8.42 Å². The molecule has 1 unspecified atom stereocenters. The molecule has 13 heavy (non-hydrogen) atoms. The Morgan fingerprint density at radius 3 is 2.85 bits per heavy atom. The molecule has 6 heteroatoms. The van der Waals surface area contributed by atoms with E-state index in [1.165, 1.54) is 6.20 Å². The predicted octanol–water partition coefficient (Wildman–Crippen LogP) is 0.159. The monoisotopic (exact) mass is 202 g/mol. The lowest BCUT2D eigenvalue weighted by atomic mass is 10.1. The Bertz CT molecular complexity index is 409. The van der Waals surface area contributed by atoms with Gasteiger partial charge in [0.25, 0.3) is 0 Å². The number of sulfone groups is 1. The zero-order chi connectivity index (χ0) is 9.47. The summed E-state index contributed by atoms with van der Waals surface area (Å²) in [6.45, 7) is 0. The third-order valence-corrected chi connectivity index (χ3v) is 4.00. The molecule has 0 saturated carbocycles. The molecule has 0 aliphatic carbocycles. The quantitative estimate of drug-likeness (QED) is 0.701. The highest BCUT2D eigenvalue weighted by molar-refractivity contribution is 7.91. The van der Waals surface area contributed by atoms with Gasteiger partial charge in [-0.1, -0.05) is 5.16 Å². The maximum atomic E-state index is 11.1. The highest BCUT2D eigenvalue weighted by Gasteiger charge is 2.32. The van der Waals surface area contributed by atoms with Crippen LogP contribution in [0, 0.1) is 0 Å². The average Bonchev–Trinajstić information content (AvgIpc) is 2.56. The Morgan fingerprint density at radius 2 is 2.38 bits per heavy atom. The van der Waals surface area contributed by atoms with Crippen LogP contribution in [0.3, 0.4) is 0 Å². The maximum absolute atomic E-state index is 11.1. The molecule has 0 aromatic carbocycles. The summed E-state index contributed by atoms with van der Waals surface area (Å²) in [5.41, 5.74) is 6.00. The van der Waals surface area contributed by atoms with Crippen molar-refractivity contribution < 1.29 is 12.9 Å². The molecular weight excluding hydrogens is 192 g/mol. The van der Waals surface area contributed by atoms with E-state index in [-0.39, 0.29) is 17.4 Å². The number of nitrogen functional groups attached to an aromatic ring is 1. The van der Waals surface area contributed by atoms with Crippen LogP contribution in [0.4, 0.5) is 5.69 Å². The molecular formula is C7H10N2O3S. The molecule has 2 N–H and O–H groups in total. The second kappa shape index (κ2) is 2.73. The number of nitrogens with zero attached hydrogens (tertiary/aromatic N) is 1. The average molecular weight is 202 g/mol. The summed E-state index contributed by atoms with van der Waals surface area (Å²) in [7, 11) is -2.88. The maximum Gasteiger partial charge on any atom is 0.163 e. The SMILES string of the molecule is Nc1cnoc1C1CCS(=O)(=O)C1. The van der Waals surface area contributed by atoms with Crippen molar-refractivity contribution in [3.63, 3.8) is 0 Å². The van der Waals surface area contributed by atoms with Crippen molar-refractivity contribution in [1.29, 1.82) is 0 Å². The summed E-state index contributed by atoms with van der Waals surface area (Å²) in [5, 5.41) is 3.52. The minimum Gasteiger partial charge on any atom is -0.395 e. The minimum atomic E-state index is -2.88. The third-order valence-electron chi connectivity index (χ3n) is 2.23. The molecule has 72 valence electrons. The molecule has 2 heterocycles. The molecule has 1 aliphatic heterocycles. The fourth-order valence-electron chi connectivity index (χ4n) is 1.57. The third kappa shape index (κ3) is 1.53. The number of hydrogen-bond donors (Lipinski definition) is 1. The van der Waals surface area contributed by atoms with E-state index in [4.69, 9.17) is 10.3 Å². The van der Waals surface area contributed by atoms with E-state index in [1.807, 2.05) is 0 Å². The van der Waals surface area contributed by atoms with Crippen molar-refractivity contribution in [2.75, 3.05) is 17.2 Å². The topological polar surface area (TPSA) is 86.2 Å². The second-order valence-corrected chi connectivity index (χ2v) is 5.47. The molecule has 2 rings (SSSR count). The molecule has 0 bridgehead atoms. The summed E-state index contributed by atoms with van der Waals surface area (Å²) in [5.74, 6) is 0.762. The van der Waals surface area contributed by atoms with E-state index in [0.29, 0.717) is 17.9 Å². The standard InChI is InChI=1S/C7H10N2O3S/c8-6-3-9-12-7(6)5-1-2-13(10,11)4-5/h3,5H,1-2,4,8H2. The molecule has 0 radical (unpaired) electrons. The minimum absolute atomic E-state index is 0.104. The zero-order valence-electron chi connectivity index (χ0n) is 6.93. The summed E-state index contributed by atoms with van der Waals surface area (Å²) in [6, 6.07) is 0. The summed E-state index contributed by atoms with van der Waals surface area (Å²) in [4.78, 5) is 0. The van der Waals surface area contributed by atoms with Crippen LogP contribution in [-0.2, 0) is 9.84 Å². The van der Waals surface area contributed by atoms with Gasteiger partial charge in [-0.05, 0) is 6.42 Å². The highest BCUT2D eigenvalue weighted by atomic mass is 32.2. The Labute approximate surface area is 75.8 Å². The molecule has 1 aromatic heterocycles. The number of rotatable bonds is 1. The van der Waals surface area contributed by atoms with Crippen LogP contribution in [0.1, 0.15) is 18.1 Å². The molecule has 1 fully saturated rings. The van der Waals surface area contributed by atoms with Gasteiger partial charge in [-0.3, -0.25) is 0 Å². The van der Waals surface area contributed by atoms with E-state index >= 15 is 0 Å². The van der Waals surface area contributed by atoms with Gasteiger partial charge >= 0.3 is 0 Å². The first-order valence-electron chi connectivity index (χ1n) is 3.99. The van der Waals surface area contributed by atoms with Crippen LogP contribution >= 0.6 is 0 Å². The Morgan fingerprint density at radius 1 is 1.62 bits per heavy atom. The Hall–Kier alpha value is -1.04. The first-order chi connectivity index (χ1) is 6.08. The summed E-state index contributed by atoms with van der Waals surface area (Å²) < 4.78 is 27.2. The van der Waals surface area contributed by atoms with Gasteiger partial charge in [0.1, 0.15) is 0 Å². The first kappa shape index (κ1) is 8.55. The normalized spacial score (nSPS) is 26.3. The van der Waals surface area contributed by atoms with Crippen LogP contribution in [0.5, 0.6) is 0 Å². The fourth-order valence-corrected chi connectivity index (χ4v) is 3.31. The lowest BCUT2D eigenvalue weighted by Gasteiger charge is -2.01. The van der Waals surface area contributed by atoms with Crippen molar-refractivity contribution in [1.82, 2.24) is 5.16 Å². The van der Waals surface area contributed by atoms with Gasteiger partial charge in [0, 0.05) is 5.92 Å². The largest absolute Gasteiger partial charge is 0.395 e. The van der Waals surface area contributed by atoms with Crippen molar-refractivity contribution in [3.8, 4) is 0 Å². The van der Waals surface area contributed by atoms with Gasteiger partial charge in [-0.2, -0.15) is 0 Å². The van der Waals surface area contributed by atoms with Gasteiger partial charge in [0.05, 0.1) is 23.4 Å². The first-order valence-corrected chi connectivity index (χ1v) is 5.81. The molecule has 0 amide bonds. The fraction of sp³-hybridized carbons (Fsp3) is 0.571. The Balaban J connectivity index is 2.26. The lowest BCUT2D eigenvalue weighted by molar-refractivity contribution is 0.367. The van der Waals surface area contributed by atoms with E-state index in [9.17, 15) is 8.42 Å². The summed E-state index contributed by atoms with van der Waals surface area (Å²) in [6.07, 6.45) is 1.99. The van der Waals surface area contributed by atoms with E-state index < -0.39 is 9.84 Å². The zero-order valence-corrected chi connectivity index (χ0v) is 7.75. The van der Waals surface area contributed by atoms with E-state index in [2.05, 4.69) is 5.16 Å². The van der Waals surface area contributed by atoms with Crippen molar-refractivity contribution >= 4 is 15.5 Å². The van der Waals surface area contributed by atoms with Crippen molar-refractivity contribution in [3.05, 3.63) is 12.0 Å². The van der Waals surface area contributed by atoms with E-state index in [1.54, 1.807) is 0 Å². The Kier molecular flexibility index (Phi) is 1.80. The van der Waals surface area contributed by atoms with Gasteiger partial charge in [0.15, 0.2) is 15.6 Å². The van der Waals surface area contributed by atoms with Crippen LogP contribution in [0.25, 0.3) is 0 Å². The molecule has 1 aliphatic rings. The van der Waals surface area contributed by atoms with Crippen molar-refractivity contribution in [2.24, 2.45) is 0 Å². The lowest BCUT2D eigenvalue weighted by Crippen LogP contribution is -2.04. The predicted molar refractivity (Wildman–Crippen MR) is 46.9 cm³/mol. The van der Waals surface area contributed by atoms with E-state index in [0.717, 1.165) is 0 Å². The molecule has 0 spiro atoms. The van der Waals surface area contributed by atoms with Crippen LogP contribution in [0.15, 0.2) is 10.7 Å². The molecule has 1 aromatic rings. The van der Waals surface area contributed by atoms with Crippen LogP contribution in [0.2, 0.25) is 0 Å². The number of nitrogens with two attached hydrogens (primary N) is 1. The molecule has 1 atom stereocenters. The van der Waals surface area contributed by atoms with Crippen molar-refractivity contribution in [2.45, 2.75) is 12.3 Å². The van der Waals surface area contributed by atoms with Crippen LogP contribution in [-0.4, -0.2) is 25.1 Å². The number of aromatic nitrogens is 1. The van der Waals surface area contributed by atoms with Gasteiger partial charge in [-0.15, -0.1) is 0 Å². The van der Waals surface area contributed by atoms with Gasteiger partial charge in [0.2, 0.25) is 0 Å². The highest BCUT2D eigenvalue weighted by Crippen LogP contribution is 2.31. The second-order valence-electron chi connectivity index (χ2n) is 3.25. The number of hydrogen-bond acceptors (Lipinski definition) is 5. The number of anilines is 1. The smallest absolute Gasteiger partial charge is 0.163 e. The molecule has 5 nitrogen and oxygen atoms in total. The van der Waals surface area contributed by atoms with Gasteiger partial charge < -0.3 is 10.3 Å².